The van der Waals surface area contributed by atoms with Crippen LogP contribution in [0.5, 0.6) is 0 Å². The predicted octanol–water partition coefficient (Wildman–Crippen LogP) is 4.50. The fraction of sp³-hybridized carbons (Fsp3) is 0.125. The highest BCUT2D eigenvalue weighted by Gasteiger charge is 2.17. The molecule has 29 heavy (non-hydrogen) atoms. The van der Waals surface area contributed by atoms with Crippen LogP contribution in [0.1, 0.15) is 44.8 Å². The van der Waals surface area contributed by atoms with Crippen LogP contribution in [-0.2, 0) is 4.74 Å². The second kappa shape index (κ2) is 8.85. The minimum atomic E-state index is -0.550. The maximum atomic E-state index is 12.9. The maximum absolute atomic E-state index is 12.9. The first-order chi connectivity index (χ1) is 14.0. The van der Waals surface area contributed by atoms with E-state index in [4.69, 9.17) is 4.74 Å². The maximum Gasteiger partial charge on any atom is 0.337 e. The molecule has 1 amide bonds. The van der Waals surface area contributed by atoms with E-state index in [1.165, 1.54) is 13.2 Å². The standard InChI is InChI=1S/C24H20N2O3/c1-16(17-8-4-3-5-9-17)26-23(27)20-12-19(13-21(14-20)24(28)29-2)22-11-7-6-10-18(22)15-25/h3-14,16H,1-2H3,(H,26,27)/t16-/m1/s1. The van der Waals surface area contributed by atoms with Crippen molar-refractivity contribution in [2.45, 2.75) is 13.0 Å². The highest BCUT2D eigenvalue weighted by atomic mass is 16.5. The van der Waals surface area contributed by atoms with E-state index in [1.54, 1.807) is 36.4 Å². The quantitative estimate of drug-likeness (QED) is 0.657. The third-order valence-corrected chi connectivity index (χ3v) is 4.62. The lowest BCUT2D eigenvalue weighted by Gasteiger charge is -2.16. The van der Waals surface area contributed by atoms with Crippen molar-refractivity contribution in [3.05, 3.63) is 95.1 Å². The molecule has 0 saturated heterocycles. The van der Waals surface area contributed by atoms with Gasteiger partial charge in [0.05, 0.1) is 30.3 Å². The van der Waals surface area contributed by atoms with Crippen LogP contribution in [0.4, 0.5) is 0 Å². The first-order valence-corrected chi connectivity index (χ1v) is 9.12. The van der Waals surface area contributed by atoms with Gasteiger partial charge >= 0.3 is 5.97 Å². The van der Waals surface area contributed by atoms with Crippen LogP contribution in [0.15, 0.2) is 72.8 Å². The first-order valence-electron chi connectivity index (χ1n) is 9.12. The highest BCUT2D eigenvalue weighted by Crippen LogP contribution is 2.26. The van der Waals surface area contributed by atoms with E-state index in [1.807, 2.05) is 37.3 Å². The van der Waals surface area contributed by atoms with Crippen molar-refractivity contribution in [3.63, 3.8) is 0 Å². The van der Waals surface area contributed by atoms with Crippen LogP contribution in [0, 0.1) is 11.3 Å². The number of amides is 1. The van der Waals surface area contributed by atoms with Crippen LogP contribution in [0.3, 0.4) is 0 Å². The van der Waals surface area contributed by atoms with E-state index in [-0.39, 0.29) is 17.5 Å². The number of methoxy groups -OCH3 is 1. The second-order valence-electron chi connectivity index (χ2n) is 6.55. The van der Waals surface area contributed by atoms with Gasteiger partial charge in [0.1, 0.15) is 0 Å². The number of hydrogen-bond acceptors (Lipinski definition) is 4. The third-order valence-electron chi connectivity index (χ3n) is 4.62. The van der Waals surface area contributed by atoms with Gasteiger partial charge in [0, 0.05) is 5.56 Å². The van der Waals surface area contributed by atoms with Crippen LogP contribution >= 0.6 is 0 Å². The molecule has 1 atom stereocenters. The number of nitrogens with zero attached hydrogens (tertiary/aromatic N) is 1. The van der Waals surface area contributed by atoms with Gasteiger partial charge in [-0.3, -0.25) is 4.79 Å². The van der Waals surface area contributed by atoms with Crippen LogP contribution in [-0.4, -0.2) is 19.0 Å². The zero-order valence-electron chi connectivity index (χ0n) is 16.2. The van der Waals surface area contributed by atoms with Crippen molar-refractivity contribution in [2.75, 3.05) is 7.11 Å². The number of nitriles is 1. The summed E-state index contributed by atoms with van der Waals surface area (Å²) >= 11 is 0. The molecule has 0 spiro atoms. The normalized spacial score (nSPS) is 11.2. The van der Waals surface area contributed by atoms with E-state index in [2.05, 4.69) is 11.4 Å². The molecule has 5 nitrogen and oxygen atoms in total. The fourth-order valence-corrected chi connectivity index (χ4v) is 3.09. The summed E-state index contributed by atoms with van der Waals surface area (Å²) in [7, 11) is 1.29. The molecule has 3 aromatic carbocycles. The molecule has 0 saturated carbocycles. The number of nitrogens with one attached hydrogen (secondary N) is 1. The third kappa shape index (κ3) is 4.50. The number of rotatable bonds is 5. The minimum absolute atomic E-state index is 0.208. The van der Waals surface area contributed by atoms with E-state index in [0.29, 0.717) is 22.3 Å². The van der Waals surface area contributed by atoms with E-state index in [0.717, 1.165) is 5.56 Å². The Balaban J connectivity index is 2.01. The van der Waals surface area contributed by atoms with Gasteiger partial charge in [-0.25, -0.2) is 4.79 Å². The summed E-state index contributed by atoms with van der Waals surface area (Å²) in [6.07, 6.45) is 0. The summed E-state index contributed by atoms with van der Waals surface area (Å²) in [6.45, 7) is 1.89. The molecule has 0 bridgehead atoms. The van der Waals surface area contributed by atoms with Crippen LogP contribution in [0.2, 0.25) is 0 Å². The van der Waals surface area contributed by atoms with Crippen molar-refractivity contribution >= 4 is 11.9 Å². The molecule has 0 aliphatic rings. The molecule has 0 heterocycles. The average molecular weight is 384 g/mol. The number of ether oxygens (including phenoxy) is 1. The van der Waals surface area contributed by atoms with E-state index < -0.39 is 5.97 Å². The Morgan fingerprint density at radius 1 is 0.966 bits per heavy atom. The Morgan fingerprint density at radius 2 is 1.62 bits per heavy atom. The van der Waals surface area contributed by atoms with Crippen molar-refractivity contribution < 1.29 is 14.3 Å². The molecule has 0 unspecified atom stereocenters. The molecule has 1 N–H and O–H groups in total. The summed E-state index contributed by atoms with van der Waals surface area (Å²) in [5, 5.41) is 12.4. The lowest BCUT2D eigenvalue weighted by molar-refractivity contribution is 0.0600. The minimum Gasteiger partial charge on any atom is -0.465 e. The van der Waals surface area contributed by atoms with Crippen molar-refractivity contribution in [1.82, 2.24) is 5.32 Å². The zero-order valence-corrected chi connectivity index (χ0v) is 16.2. The summed E-state index contributed by atoms with van der Waals surface area (Å²) in [5.74, 6) is -0.866. The molecule has 0 fully saturated rings. The molecule has 5 heteroatoms. The Morgan fingerprint density at radius 3 is 2.31 bits per heavy atom. The largest absolute Gasteiger partial charge is 0.465 e. The van der Waals surface area contributed by atoms with Gasteiger partial charge in [-0.1, -0.05) is 48.5 Å². The summed E-state index contributed by atoms with van der Waals surface area (Å²) in [4.78, 5) is 25.1. The number of esters is 1. The first kappa shape index (κ1) is 19.8. The summed E-state index contributed by atoms with van der Waals surface area (Å²) < 4.78 is 4.83. The Labute approximate surface area is 169 Å². The molecule has 0 aliphatic carbocycles. The topological polar surface area (TPSA) is 79.2 Å². The second-order valence-corrected chi connectivity index (χ2v) is 6.55. The van der Waals surface area contributed by atoms with Crippen LogP contribution in [0.25, 0.3) is 11.1 Å². The lowest BCUT2D eigenvalue weighted by Crippen LogP contribution is -2.27. The highest BCUT2D eigenvalue weighted by molar-refractivity contribution is 6.00. The zero-order chi connectivity index (χ0) is 20.8. The molecule has 3 aromatic rings. The lowest BCUT2D eigenvalue weighted by atomic mass is 9.96. The predicted molar refractivity (Wildman–Crippen MR) is 110 cm³/mol. The van der Waals surface area contributed by atoms with Crippen molar-refractivity contribution in [2.24, 2.45) is 0 Å². The number of benzene rings is 3. The van der Waals surface area contributed by atoms with Crippen molar-refractivity contribution in [1.29, 1.82) is 5.26 Å². The monoisotopic (exact) mass is 384 g/mol. The average Bonchev–Trinajstić information content (AvgIpc) is 2.78. The Hall–Kier alpha value is -3.91. The van der Waals surface area contributed by atoms with Crippen LogP contribution < -0.4 is 5.32 Å². The SMILES string of the molecule is COC(=O)c1cc(C(=O)N[C@H](C)c2ccccc2)cc(-c2ccccc2C#N)c1. The van der Waals surface area contributed by atoms with Gasteiger partial charge in [-0.2, -0.15) is 5.26 Å². The molecule has 0 radical (unpaired) electrons. The summed E-state index contributed by atoms with van der Waals surface area (Å²) in [5.41, 5.74) is 3.24. The van der Waals surface area contributed by atoms with Gasteiger partial charge < -0.3 is 10.1 Å². The van der Waals surface area contributed by atoms with Gasteiger partial charge in [-0.15, -0.1) is 0 Å². The molecule has 3 rings (SSSR count). The van der Waals surface area contributed by atoms with Gasteiger partial charge in [-0.05, 0) is 47.9 Å². The Kier molecular flexibility index (Phi) is 6.06. The number of carbonyl (C=O) groups excluding carboxylic acids is 2. The number of hydrogen-bond donors (Lipinski definition) is 1. The smallest absolute Gasteiger partial charge is 0.337 e. The van der Waals surface area contributed by atoms with Gasteiger partial charge in [0.15, 0.2) is 0 Å². The molecule has 0 aliphatic heterocycles. The fourth-order valence-electron chi connectivity index (χ4n) is 3.09. The van der Waals surface area contributed by atoms with Gasteiger partial charge in [0.2, 0.25) is 0 Å². The molecular formula is C24H20N2O3. The van der Waals surface area contributed by atoms with E-state index in [9.17, 15) is 14.9 Å². The van der Waals surface area contributed by atoms with Crippen molar-refractivity contribution in [3.8, 4) is 17.2 Å². The molecule has 0 aromatic heterocycles. The van der Waals surface area contributed by atoms with Gasteiger partial charge in [0.25, 0.3) is 5.91 Å². The molecular weight excluding hydrogens is 364 g/mol. The number of carbonyl (C=O) groups is 2. The Bertz CT molecular complexity index is 1080. The van der Waals surface area contributed by atoms with E-state index >= 15 is 0 Å². The summed E-state index contributed by atoms with van der Waals surface area (Å²) in [6, 6.07) is 23.4. The molecule has 144 valence electrons.